The van der Waals surface area contributed by atoms with Crippen LogP contribution in [0.15, 0.2) is 52.9 Å². The smallest absolute Gasteiger partial charge is 0.263 e. The van der Waals surface area contributed by atoms with Gasteiger partial charge < -0.3 is 0 Å². The molecule has 3 aromatic rings. The number of thiophene rings is 1. The molecule has 1 amide bonds. The molecule has 0 bridgehead atoms. The van der Waals surface area contributed by atoms with Gasteiger partial charge in [0, 0.05) is 10.4 Å². The summed E-state index contributed by atoms with van der Waals surface area (Å²) in [5.41, 5.74) is 3.28. The summed E-state index contributed by atoms with van der Waals surface area (Å²) in [6.45, 7) is -0.0401. The largest absolute Gasteiger partial charge is 0.271 e. The Hall–Kier alpha value is -2.87. The fourth-order valence-corrected chi connectivity index (χ4v) is 2.29. The van der Waals surface area contributed by atoms with E-state index in [2.05, 4.69) is 25.9 Å². The third kappa shape index (κ3) is 3.61. The molecule has 1 N–H and O–H groups in total. The zero-order valence-electron chi connectivity index (χ0n) is 11.5. The van der Waals surface area contributed by atoms with Crippen LogP contribution in [0.3, 0.4) is 0 Å². The second-order valence-corrected chi connectivity index (χ2v) is 5.30. The van der Waals surface area contributed by atoms with Crippen molar-refractivity contribution in [3.8, 4) is 11.4 Å². The molecule has 0 radical (unpaired) electrons. The molecule has 0 aliphatic carbocycles. The Kier molecular flexibility index (Phi) is 4.30. The number of carbonyl (C=O) groups is 1. The summed E-state index contributed by atoms with van der Waals surface area (Å²) in [7, 11) is 0. The summed E-state index contributed by atoms with van der Waals surface area (Å²) in [6.07, 6.45) is 1.59. The van der Waals surface area contributed by atoms with Crippen molar-refractivity contribution < 1.29 is 4.79 Å². The first-order chi connectivity index (χ1) is 10.8. The molecule has 2 aromatic heterocycles. The predicted octanol–water partition coefficient (Wildman–Crippen LogP) is 1.55. The lowest BCUT2D eigenvalue weighted by molar-refractivity contribution is -0.122. The third-order valence-electron chi connectivity index (χ3n) is 2.69. The third-order valence-corrected chi connectivity index (χ3v) is 3.50. The van der Waals surface area contributed by atoms with Gasteiger partial charge in [0.25, 0.3) is 5.91 Å². The molecule has 2 heterocycles. The lowest BCUT2D eigenvalue weighted by Crippen LogP contribution is -2.24. The summed E-state index contributed by atoms with van der Waals surface area (Å²) >= 11 is 1.54. The van der Waals surface area contributed by atoms with Crippen molar-refractivity contribution in [2.24, 2.45) is 5.10 Å². The van der Waals surface area contributed by atoms with Crippen LogP contribution in [-0.4, -0.2) is 32.3 Å². The molecule has 8 heteroatoms. The number of benzene rings is 1. The molecule has 1 aromatic carbocycles. The van der Waals surface area contributed by atoms with Gasteiger partial charge >= 0.3 is 0 Å². The number of nitrogens with zero attached hydrogens (tertiary/aromatic N) is 5. The van der Waals surface area contributed by atoms with Crippen LogP contribution in [0.1, 0.15) is 4.88 Å². The van der Waals surface area contributed by atoms with Crippen molar-refractivity contribution in [3.05, 3.63) is 52.7 Å². The van der Waals surface area contributed by atoms with Crippen LogP contribution in [0.2, 0.25) is 0 Å². The van der Waals surface area contributed by atoms with E-state index in [1.807, 2.05) is 47.8 Å². The number of tetrazole rings is 1. The summed E-state index contributed by atoms with van der Waals surface area (Å²) in [5.74, 6) is 0.167. The summed E-state index contributed by atoms with van der Waals surface area (Å²) < 4.78 is 0. The summed E-state index contributed by atoms with van der Waals surface area (Å²) in [4.78, 5) is 13.9. The molecule has 0 saturated heterocycles. The zero-order chi connectivity index (χ0) is 15.2. The maximum Gasteiger partial charge on any atom is 0.263 e. The van der Waals surface area contributed by atoms with Crippen molar-refractivity contribution in [2.45, 2.75) is 6.54 Å². The Morgan fingerprint density at radius 2 is 2.14 bits per heavy atom. The standard InChI is InChI=1S/C14H12N6OS/c21-13(16-15-9-12-7-4-8-22-12)10-20-18-14(17-19-20)11-5-2-1-3-6-11/h1-9H,10H2,(H,16,21)/b15-9+. The van der Waals surface area contributed by atoms with Gasteiger partial charge in [0.05, 0.1) is 6.21 Å². The van der Waals surface area contributed by atoms with Crippen molar-refractivity contribution in [1.29, 1.82) is 0 Å². The molecule has 0 aliphatic heterocycles. The van der Waals surface area contributed by atoms with Gasteiger partial charge in [0.2, 0.25) is 5.82 Å². The van der Waals surface area contributed by atoms with Crippen molar-refractivity contribution in [2.75, 3.05) is 0 Å². The Balaban J connectivity index is 1.57. The molecule has 0 atom stereocenters. The van der Waals surface area contributed by atoms with Gasteiger partial charge in [-0.05, 0) is 16.7 Å². The highest BCUT2D eigenvalue weighted by Crippen LogP contribution is 2.11. The maximum atomic E-state index is 11.7. The maximum absolute atomic E-state index is 11.7. The van der Waals surface area contributed by atoms with Gasteiger partial charge in [0.1, 0.15) is 6.54 Å². The van der Waals surface area contributed by atoms with Crippen LogP contribution in [0.5, 0.6) is 0 Å². The van der Waals surface area contributed by atoms with Crippen LogP contribution < -0.4 is 5.43 Å². The minimum atomic E-state index is -0.315. The highest BCUT2D eigenvalue weighted by Gasteiger charge is 2.08. The fraction of sp³-hybridized carbons (Fsp3) is 0.0714. The second kappa shape index (κ2) is 6.72. The topological polar surface area (TPSA) is 85.1 Å². The van der Waals surface area contributed by atoms with Gasteiger partial charge in [-0.15, -0.1) is 21.5 Å². The van der Waals surface area contributed by atoms with E-state index in [4.69, 9.17) is 0 Å². The SMILES string of the molecule is O=C(Cn1nnc(-c2ccccc2)n1)N/N=C/c1cccs1. The van der Waals surface area contributed by atoms with Crippen LogP contribution in [0.4, 0.5) is 0 Å². The molecule has 0 spiro atoms. The minimum absolute atomic E-state index is 0.0401. The zero-order valence-corrected chi connectivity index (χ0v) is 12.3. The molecule has 0 fully saturated rings. The molecule has 110 valence electrons. The van der Waals surface area contributed by atoms with E-state index < -0.39 is 0 Å². The van der Waals surface area contributed by atoms with Gasteiger partial charge in [-0.2, -0.15) is 9.90 Å². The molecular weight excluding hydrogens is 300 g/mol. The monoisotopic (exact) mass is 312 g/mol. The summed E-state index contributed by atoms with van der Waals surface area (Å²) in [5, 5.41) is 17.8. The van der Waals surface area contributed by atoms with Crippen LogP contribution >= 0.6 is 11.3 Å². The first kappa shape index (κ1) is 14.1. The molecule has 0 aliphatic rings. The Morgan fingerprint density at radius 3 is 2.91 bits per heavy atom. The lowest BCUT2D eigenvalue weighted by atomic mass is 10.2. The van der Waals surface area contributed by atoms with Gasteiger partial charge in [0.15, 0.2) is 0 Å². The second-order valence-electron chi connectivity index (χ2n) is 4.32. The van der Waals surface area contributed by atoms with Crippen LogP contribution in [0.25, 0.3) is 11.4 Å². The van der Waals surface area contributed by atoms with Crippen molar-refractivity contribution in [3.63, 3.8) is 0 Å². The van der Waals surface area contributed by atoms with E-state index >= 15 is 0 Å². The summed E-state index contributed by atoms with van der Waals surface area (Å²) in [6, 6.07) is 13.3. The average Bonchev–Trinajstić information content (AvgIpc) is 3.20. The number of rotatable bonds is 5. The highest BCUT2D eigenvalue weighted by atomic mass is 32.1. The number of carbonyl (C=O) groups excluding carboxylic acids is 1. The van der Waals surface area contributed by atoms with Crippen molar-refractivity contribution >= 4 is 23.5 Å². The average molecular weight is 312 g/mol. The number of hydrogen-bond acceptors (Lipinski definition) is 6. The van der Waals surface area contributed by atoms with E-state index in [0.29, 0.717) is 5.82 Å². The number of hydrazone groups is 1. The van der Waals surface area contributed by atoms with Gasteiger partial charge in [-0.3, -0.25) is 4.79 Å². The first-order valence-electron chi connectivity index (χ1n) is 6.50. The fourth-order valence-electron chi connectivity index (χ4n) is 1.71. The molecule has 22 heavy (non-hydrogen) atoms. The van der Waals surface area contributed by atoms with Crippen LogP contribution in [-0.2, 0) is 11.3 Å². The van der Waals surface area contributed by atoms with Crippen molar-refractivity contribution in [1.82, 2.24) is 25.6 Å². The number of hydrogen-bond donors (Lipinski definition) is 1. The van der Waals surface area contributed by atoms with Gasteiger partial charge in [-0.25, -0.2) is 5.43 Å². The number of amides is 1. The van der Waals surface area contributed by atoms with Crippen LogP contribution in [0, 0.1) is 0 Å². The number of nitrogens with one attached hydrogen (secondary N) is 1. The highest BCUT2D eigenvalue weighted by molar-refractivity contribution is 7.11. The predicted molar refractivity (Wildman–Crippen MR) is 83.3 cm³/mol. The van der Waals surface area contributed by atoms with E-state index in [1.165, 1.54) is 16.1 Å². The van der Waals surface area contributed by atoms with E-state index in [9.17, 15) is 4.79 Å². The quantitative estimate of drug-likeness (QED) is 0.572. The molecule has 7 nitrogen and oxygen atoms in total. The lowest BCUT2D eigenvalue weighted by Gasteiger charge is -1.97. The van der Waals surface area contributed by atoms with E-state index in [1.54, 1.807) is 6.21 Å². The Bertz CT molecular complexity index is 766. The molecule has 0 unspecified atom stereocenters. The minimum Gasteiger partial charge on any atom is -0.271 e. The number of aromatic nitrogens is 4. The van der Waals surface area contributed by atoms with Gasteiger partial charge in [-0.1, -0.05) is 36.4 Å². The van der Waals surface area contributed by atoms with E-state index in [-0.39, 0.29) is 12.5 Å². The molecule has 0 saturated carbocycles. The molecular formula is C14H12N6OS. The first-order valence-corrected chi connectivity index (χ1v) is 7.38. The molecule has 3 rings (SSSR count). The Morgan fingerprint density at radius 1 is 1.27 bits per heavy atom. The van der Waals surface area contributed by atoms with E-state index in [0.717, 1.165) is 10.4 Å². The normalized spacial score (nSPS) is 10.9. The Labute approximate surface area is 130 Å².